The van der Waals surface area contributed by atoms with Gasteiger partial charge in [-0.3, -0.25) is 10.1 Å². The summed E-state index contributed by atoms with van der Waals surface area (Å²) in [7, 11) is 0. The number of hydrogen-bond donors (Lipinski definition) is 1. The molecule has 0 radical (unpaired) electrons. The molecule has 0 unspecified atom stereocenters. The molecule has 1 aromatic carbocycles. The highest BCUT2D eigenvalue weighted by Gasteiger charge is 2.03. The number of non-ortho nitro benzene ring substituents is 1. The van der Waals surface area contributed by atoms with Crippen LogP contribution in [0, 0.1) is 10.1 Å². The van der Waals surface area contributed by atoms with Crippen LogP contribution in [0.2, 0.25) is 0 Å². The van der Waals surface area contributed by atoms with Gasteiger partial charge < -0.3 is 10.2 Å². The van der Waals surface area contributed by atoms with Gasteiger partial charge in [-0.05, 0) is 38.2 Å². The Balaban J connectivity index is 2.29. The van der Waals surface area contributed by atoms with Crippen molar-refractivity contribution in [3.8, 4) is 0 Å². The van der Waals surface area contributed by atoms with Crippen molar-refractivity contribution in [1.29, 1.82) is 0 Å². The molecule has 0 saturated carbocycles. The summed E-state index contributed by atoms with van der Waals surface area (Å²) in [5.74, 6) is 0. The lowest BCUT2D eigenvalue weighted by Gasteiger charge is -2.17. The molecule has 0 amide bonds. The minimum atomic E-state index is -0.385. The van der Waals surface area contributed by atoms with Crippen LogP contribution in [0.3, 0.4) is 0 Å². The molecule has 1 aromatic rings. The van der Waals surface area contributed by atoms with E-state index in [0.717, 1.165) is 38.3 Å². The third kappa shape index (κ3) is 4.71. The highest BCUT2D eigenvalue weighted by molar-refractivity contribution is 5.48. The quantitative estimate of drug-likeness (QED) is 0.438. The molecule has 0 atom stereocenters. The van der Waals surface area contributed by atoms with E-state index in [1.165, 1.54) is 12.1 Å². The maximum Gasteiger partial charge on any atom is 0.269 e. The first-order valence-electron chi connectivity index (χ1n) is 6.38. The zero-order valence-electron chi connectivity index (χ0n) is 11.1. The van der Waals surface area contributed by atoms with Gasteiger partial charge in [0.2, 0.25) is 0 Å². The van der Waals surface area contributed by atoms with Gasteiger partial charge in [0.25, 0.3) is 5.69 Å². The molecular formula is C13H21N3O2. The van der Waals surface area contributed by atoms with Crippen molar-refractivity contribution >= 4 is 11.4 Å². The van der Waals surface area contributed by atoms with Crippen LogP contribution in [0.25, 0.3) is 0 Å². The first-order chi connectivity index (χ1) is 8.67. The predicted octanol–water partition coefficient (Wildman–Crippen LogP) is 2.74. The maximum absolute atomic E-state index is 10.5. The molecule has 0 aromatic heterocycles. The Labute approximate surface area is 108 Å². The minimum Gasteiger partial charge on any atom is -0.385 e. The Kier molecular flexibility index (Phi) is 6.14. The van der Waals surface area contributed by atoms with E-state index in [4.69, 9.17) is 0 Å². The molecule has 0 aliphatic rings. The summed E-state index contributed by atoms with van der Waals surface area (Å²) in [4.78, 5) is 12.5. The molecule has 0 spiro atoms. The van der Waals surface area contributed by atoms with Crippen molar-refractivity contribution in [2.75, 3.05) is 31.5 Å². The van der Waals surface area contributed by atoms with Crippen molar-refractivity contribution < 1.29 is 4.92 Å². The molecule has 0 bridgehead atoms. The minimum absolute atomic E-state index is 0.128. The van der Waals surface area contributed by atoms with E-state index in [1.807, 2.05) is 0 Å². The predicted molar refractivity (Wildman–Crippen MR) is 74.0 cm³/mol. The fraction of sp³-hybridized carbons (Fsp3) is 0.538. The average molecular weight is 251 g/mol. The Morgan fingerprint density at radius 3 is 2.33 bits per heavy atom. The van der Waals surface area contributed by atoms with Crippen LogP contribution in [-0.2, 0) is 0 Å². The van der Waals surface area contributed by atoms with Gasteiger partial charge in [0.15, 0.2) is 0 Å². The molecule has 5 heteroatoms. The van der Waals surface area contributed by atoms with Crippen molar-refractivity contribution in [3.63, 3.8) is 0 Å². The standard InChI is InChI=1S/C13H21N3O2/c1-3-15(4-2)11-5-10-14-12-6-8-13(9-7-12)16(17)18/h6-9,14H,3-5,10-11H2,1-2H3. The van der Waals surface area contributed by atoms with E-state index in [-0.39, 0.29) is 10.6 Å². The third-order valence-electron chi connectivity index (χ3n) is 2.95. The van der Waals surface area contributed by atoms with Gasteiger partial charge in [0, 0.05) is 24.4 Å². The number of benzene rings is 1. The molecule has 5 nitrogen and oxygen atoms in total. The van der Waals surface area contributed by atoms with Crippen LogP contribution >= 0.6 is 0 Å². The zero-order valence-corrected chi connectivity index (χ0v) is 11.1. The van der Waals surface area contributed by atoms with E-state index in [0.29, 0.717) is 0 Å². The van der Waals surface area contributed by atoms with E-state index in [1.54, 1.807) is 12.1 Å². The van der Waals surface area contributed by atoms with Crippen molar-refractivity contribution in [1.82, 2.24) is 4.90 Å². The molecule has 100 valence electrons. The molecule has 0 fully saturated rings. The third-order valence-corrected chi connectivity index (χ3v) is 2.95. The second kappa shape index (κ2) is 7.66. The highest BCUT2D eigenvalue weighted by atomic mass is 16.6. The summed E-state index contributed by atoms with van der Waals surface area (Å²) >= 11 is 0. The number of rotatable bonds is 8. The Hall–Kier alpha value is -1.62. The molecule has 1 rings (SSSR count). The zero-order chi connectivity index (χ0) is 13.4. The normalized spacial score (nSPS) is 10.6. The van der Waals surface area contributed by atoms with E-state index in [9.17, 15) is 10.1 Å². The topological polar surface area (TPSA) is 58.4 Å². The molecule has 0 saturated heterocycles. The van der Waals surface area contributed by atoms with Crippen LogP contribution in [0.4, 0.5) is 11.4 Å². The van der Waals surface area contributed by atoms with E-state index >= 15 is 0 Å². The fourth-order valence-corrected chi connectivity index (χ4v) is 1.78. The van der Waals surface area contributed by atoms with Crippen LogP contribution < -0.4 is 5.32 Å². The number of nitro groups is 1. The van der Waals surface area contributed by atoms with Gasteiger partial charge in [0.05, 0.1) is 4.92 Å². The Morgan fingerprint density at radius 2 is 1.83 bits per heavy atom. The van der Waals surface area contributed by atoms with Gasteiger partial charge in [-0.1, -0.05) is 13.8 Å². The van der Waals surface area contributed by atoms with Crippen molar-refractivity contribution in [2.24, 2.45) is 0 Å². The largest absolute Gasteiger partial charge is 0.385 e. The van der Waals surface area contributed by atoms with Gasteiger partial charge in [-0.2, -0.15) is 0 Å². The van der Waals surface area contributed by atoms with Gasteiger partial charge in [0.1, 0.15) is 0 Å². The summed E-state index contributed by atoms with van der Waals surface area (Å²) in [5.41, 5.74) is 1.06. The second-order valence-corrected chi connectivity index (χ2v) is 4.11. The van der Waals surface area contributed by atoms with E-state index in [2.05, 4.69) is 24.1 Å². The number of nitro benzene ring substituents is 1. The first-order valence-corrected chi connectivity index (χ1v) is 6.38. The lowest BCUT2D eigenvalue weighted by molar-refractivity contribution is -0.384. The first kappa shape index (κ1) is 14.4. The van der Waals surface area contributed by atoms with Crippen molar-refractivity contribution in [2.45, 2.75) is 20.3 Å². The number of nitrogens with zero attached hydrogens (tertiary/aromatic N) is 2. The number of anilines is 1. The summed E-state index contributed by atoms with van der Waals surface area (Å²) < 4.78 is 0. The van der Waals surface area contributed by atoms with Crippen LogP contribution in [0.1, 0.15) is 20.3 Å². The lowest BCUT2D eigenvalue weighted by atomic mass is 10.2. The molecule has 18 heavy (non-hydrogen) atoms. The van der Waals surface area contributed by atoms with Crippen LogP contribution in [-0.4, -0.2) is 36.0 Å². The SMILES string of the molecule is CCN(CC)CCCNc1ccc([N+](=O)[O-])cc1. The summed E-state index contributed by atoms with van der Waals surface area (Å²) in [6, 6.07) is 6.53. The Morgan fingerprint density at radius 1 is 1.22 bits per heavy atom. The molecule has 0 aliphatic carbocycles. The van der Waals surface area contributed by atoms with E-state index < -0.39 is 0 Å². The smallest absolute Gasteiger partial charge is 0.269 e. The summed E-state index contributed by atoms with van der Waals surface area (Å²) in [5, 5.41) is 13.8. The summed E-state index contributed by atoms with van der Waals surface area (Å²) in [6.45, 7) is 8.43. The highest BCUT2D eigenvalue weighted by Crippen LogP contribution is 2.15. The van der Waals surface area contributed by atoms with Crippen LogP contribution in [0.5, 0.6) is 0 Å². The molecular weight excluding hydrogens is 230 g/mol. The average Bonchev–Trinajstić information content (AvgIpc) is 2.39. The van der Waals surface area contributed by atoms with Gasteiger partial charge >= 0.3 is 0 Å². The number of nitrogens with one attached hydrogen (secondary N) is 1. The molecule has 1 N–H and O–H groups in total. The second-order valence-electron chi connectivity index (χ2n) is 4.11. The summed E-state index contributed by atoms with van der Waals surface area (Å²) in [6.07, 6.45) is 1.07. The van der Waals surface area contributed by atoms with Crippen molar-refractivity contribution in [3.05, 3.63) is 34.4 Å². The monoisotopic (exact) mass is 251 g/mol. The maximum atomic E-state index is 10.5. The van der Waals surface area contributed by atoms with Crippen LogP contribution in [0.15, 0.2) is 24.3 Å². The van der Waals surface area contributed by atoms with Gasteiger partial charge in [-0.15, -0.1) is 0 Å². The fourth-order valence-electron chi connectivity index (χ4n) is 1.78. The number of hydrogen-bond acceptors (Lipinski definition) is 4. The lowest BCUT2D eigenvalue weighted by Crippen LogP contribution is -2.25. The Bertz CT molecular complexity index is 361. The molecule has 0 heterocycles. The molecule has 0 aliphatic heterocycles. The van der Waals surface area contributed by atoms with Gasteiger partial charge in [-0.25, -0.2) is 0 Å².